The number of nitrogens with zero attached hydrogens (tertiary/aromatic N) is 1. The number of hydrogen-bond donors (Lipinski definition) is 6. The Morgan fingerprint density at radius 1 is 1.04 bits per heavy atom. The first-order valence-electron chi connectivity index (χ1n) is 6.81. The second-order valence-corrected chi connectivity index (χ2v) is 7.83. The molecule has 0 saturated heterocycles. The monoisotopic (exact) mass is 361 g/mol. The molecule has 138 valence electrons. The lowest BCUT2D eigenvalue weighted by molar-refractivity contribution is -0.870. The van der Waals surface area contributed by atoms with E-state index in [0.717, 1.165) is 0 Å². The van der Waals surface area contributed by atoms with Gasteiger partial charge in [0.05, 0.1) is 21.1 Å². The summed E-state index contributed by atoms with van der Waals surface area (Å²) in [6.07, 6.45) is -11.1. The highest BCUT2D eigenvalue weighted by atomic mass is 31.2. The maximum absolute atomic E-state index is 11.7. The van der Waals surface area contributed by atoms with Gasteiger partial charge in [0, 0.05) is 0 Å². The third-order valence-corrected chi connectivity index (χ3v) is 4.48. The summed E-state index contributed by atoms with van der Waals surface area (Å²) in [5, 5.41) is 57.8. The first kappa shape index (κ1) is 20.9. The van der Waals surface area contributed by atoms with Crippen molar-refractivity contribution in [2.24, 2.45) is 0 Å². The molecule has 0 aromatic heterocycles. The maximum Gasteiger partial charge on any atom is 0.270 e. The largest absolute Gasteiger partial charge is 0.756 e. The van der Waals surface area contributed by atoms with Crippen molar-refractivity contribution >= 4 is 7.82 Å². The van der Waals surface area contributed by atoms with Gasteiger partial charge < -0.3 is 44.5 Å². The van der Waals surface area contributed by atoms with Gasteiger partial charge in [-0.2, -0.15) is 0 Å². The molecule has 1 rings (SSSR count). The molecule has 0 radical (unpaired) electrons. The van der Waals surface area contributed by atoms with Crippen LogP contribution < -0.4 is 4.89 Å². The molecule has 0 aromatic rings. The number of phosphoric ester groups is 1. The maximum atomic E-state index is 11.7. The van der Waals surface area contributed by atoms with Gasteiger partial charge in [0.15, 0.2) is 0 Å². The van der Waals surface area contributed by atoms with Crippen LogP contribution in [0.2, 0.25) is 0 Å². The van der Waals surface area contributed by atoms with Crippen molar-refractivity contribution in [3.05, 3.63) is 0 Å². The van der Waals surface area contributed by atoms with Crippen LogP contribution in [0.1, 0.15) is 0 Å². The van der Waals surface area contributed by atoms with Crippen LogP contribution >= 0.6 is 7.82 Å². The Labute approximate surface area is 133 Å². The minimum absolute atomic E-state index is 0.267. The van der Waals surface area contributed by atoms with Crippen LogP contribution in [-0.2, 0) is 13.6 Å². The molecule has 1 aliphatic rings. The van der Waals surface area contributed by atoms with Gasteiger partial charge in [0.2, 0.25) is 5.79 Å². The Kier molecular flexibility index (Phi) is 6.34. The number of likely N-dealkylation sites (N-methyl/N-ethyl adjacent to an activating group) is 1. The highest BCUT2D eigenvalue weighted by Crippen LogP contribution is 2.46. The van der Waals surface area contributed by atoms with E-state index in [2.05, 4.69) is 9.05 Å². The number of phosphoric acid groups is 1. The number of aliphatic hydroxyl groups is 6. The lowest BCUT2D eigenvalue weighted by Gasteiger charge is -2.48. The van der Waals surface area contributed by atoms with Gasteiger partial charge in [0.25, 0.3) is 7.82 Å². The number of aliphatic hydroxyl groups excluding tert-OH is 5. The number of rotatable bonds is 6. The van der Waals surface area contributed by atoms with E-state index in [1.807, 2.05) is 0 Å². The van der Waals surface area contributed by atoms with Crippen molar-refractivity contribution in [1.82, 2.24) is 0 Å². The summed E-state index contributed by atoms with van der Waals surface area (Å²) >= 11 is 0. The van der Waals surface area contributed by atoms with Crippen LogP contribution in [0, 0.1) is 0 Å². The molecule has 12 heteroatoms. The summed E-state index contributed by atoms with van der Waals surface area (Å²) in [4.78, 5) is 11.7. The molecule has 6 N–H and O–H groups in total. The molecule has 1 saturated carbocycles. The number of hydrogen-bond acceptors (Lipinski definition) is 10. The van der Waals surface area contributed by atoms with Gasteiger partial charge in [0.1, 0.15) is 43.7 Å². The molecule has 1 unspecified atom stereocenters. The summed E-state index contributed by atoms with van der Waals surface area (Å²) in [7, 11) is 0.128. The Morgan fingerprint density at radius 2 is 1.48 bits per heavy atom. The van der Waals surface area contributed by atoms with Gasteiger partial charge in [-0.3, -0.25) is 9.09 Å². The zero-order valence-corrected chi connectivity index (χ0v) is 13.9. The molecular formula is C11H24NO10P. The topological polar surface area (TPSA) is 180 Å². The smallest absolute Gasteiger partial charge is 0.270 e. The van der Waals surface area contributed by atoms with Crippen molar-refractivity contribution in [3.8, 4) is 0 Å². The fourth-order valence-corrected chi connectivity index (χ4v) is 2.91. The summed E-state index contributed by atoms with van der Waals surface area (Å²) < 4.78 is 20.9. The van der Waals surface area contributed by atoms with E-state index in [1.54, 1.807) is 21.1 Å². The van der Waals surface area contributed by atoms with Crippen molar-refractivity contribution in [3.63, 3.8) is 0 Å². The van der Waals surface area contributed by atoms with E-state index in [0.29, 0.717) is 4.48 Å². The molecule has 7 atom stereocenters. The quantitative estimate of drug-likeness (QED) is 0.154. The van der Waals surface area contributed by atoms with Crippen LogP contribution in [0.4, 0.5) is 0 Å². The second-order valence-electron chi connectivity index (χ2n) is 6.50. The van der Waals surface area contributed by atoms with Crippen LogP contribution in [0.3, 0.4) is 0 Å². The lowest BCUT2D eigenvalue weighted by Crippen LogP contribution is -2.71. The first-order chi connectivity index (χ1) is 10.2. The van der Waals surface area contributed by atoms with E-state index >= 15 is 0 Å². The molecule has 0 heterocycles. The first-order valence-corrected chi connectivity index (χ1v) is 8.27. The van der Waals surface area contributed by atoms with Crippen LogP contribution in [-0.4, -0.2) is 106 Å². The minimum atomic E-state index is -5.19. The fourth-order valence-electron chi connectivity index (χ4n) is 1.98. The molecule has 11 nitrogen and oxygen atoms in total. The van der Waals surface area contributed by atoms with Gasteiger partial charge in [-0.15, -0.1) is 0 Å². The van der Waals surface area contributed by atoms with Gasteiger partial charge >= 0.3 is 0 Å². The van der Waals surface area contributed by atoms with E-state index in [-0.39, 0.29) is 13.2 Å². The van der Waals surface area contributed by atoms with Crippen LogP contribution in [0.5, 0.6) is 0 Å². The molecule has 1 aliphatic carbocycles. The van der Waals surface area contributed by atoms with Crippen molar-refractivity contribution in [1.29, 1.82) is 0 Å². The second kappa shape index (κ2) is 6.98. The van der Waals surface area contributed by atoms with Gasteiger partial charge in [-0.05, 0) is 0 Å². The van der Waals surface area contributed by atoms with Crippen LogP contribution in [0.15, 0.2) is 0 Å². The average molecular weight is 361 g/mol. The van der Waals surface area contributed by atoms with E-state index in [4.69, 9.17) is 0 Å². The molecule has 0 amide bonds. The predicted octanol–water partition coefficient (Wildman–Crippen LogP) is -4.30. The third-order valence-electron chi connectivity index (χ3n) is 3.46. The predicted molar refractivity (Wildman–Crippen MR) is 72.5 cm³/mol. The van der Waals surface area contributed by atoms with Gasteiger partial charge in [-0.25, -0.2) is 0 Å². The highest BCUT2D eigenvalue weighted by molar-refractivity contribution is 7.45. The highest BCUT2D eigenvalue weighted by Gasteiger charge is 2.60. The van der Waals surface area contributed by atoms with Gasteiger partial charge in [-0.1, -0.05) is 0 Å². The van der Waals surface area contributed by atoms with E-state index in [1.165, 1.54) is 0 Å². The Hall–Kier alpha value is -0.170. The van der Waals surface area contributed by atoms with Crippen molar-refractivity contribution < 1.29 is 53.6 Å². The Morgan fingerprint density at radius 3 is 1.87 bits per heavy atom. The standard InChI is InChI=1S/C11H24NO10P/c1-12(2,3)4-5-21-23(19,20)22-11(18)9(16)7(14)6(13)8(15)10(11)17/h6-10,13-18H,4-5H2,1-3H3/t6-,7-,8+,9-,10-,11-/m1/s1. The third kappa shape index (κ3) is 4.91. The van der Waals surface area contributed by atoms with E-state index < -0.39 is 44.1 Å². The molecular weight excluding hydrogens is 337 g/mol. The minimum Gasteiger partial charge on any atom is -0.756 e. The SMILES string of the molecule is C[N+](C)(C)CCOP(=O)([O-])O[C@]1(O)[C@H](O)[C@H](O)[C@@H](O)[C@H](O)[C@H]1O. The molecule has 23 heavy (non-hydrogen) atoms. The van der Waals surface area contributed by atoms with Crippen molar-refractivity contribution in [2.75, 3.05) is 34.3 Å². The zero-order valence-electron chi connectivity index (χ0n) is 13.0. The summed E-state index contributed by atoms with van der Waals surface area (Å²) in [5.74, 6) is -3.27. The zero-order chi connectivity index (χ0) is 18.2. The van der Waals surface area contributed by atoms with E-state index in [9.17, 15) is 40.1 Å². The normalized spacial score (nSPS) is 41.6. The summed E-state index contributed by atoms with van der Waals surface area (Å²) in [6, 6.07) is 0. The Balaban J connectivity index is 2.84. The molecule has 0 bridgehead atoms. The number of quaternary nitrogens is 1. The van der Waals surface area contributed by atoms with Crippen molar-refractivity contribution in [2.45, 2.75) is 36.3 Å². The fraction of sp³-hybridized carbons (Fsp3) is 1.00. The molecule has 0 aromatic carbocycles. The molecule has 1 fully saturated rings. The average Bonchev–Trinajstić information content (AvgIpc) is 2.39. The molecule has 0 spiro atoms. The summed E-state index contributed by atoms with van der Waals surface area (Å²) in [5.41, 5.74) is 0. The summed E-state index contributed by atoms with van der Waals surface area (Å²) in [6.45, 7) is -0.0383. The van der Waals surface area contributed by atoms with Crippen LogP contribution in [0.25, 0.3) is 0 Å². The molecule has 0 aliphatic heterocycles. The Bertz CT molecular complexity index is 439. The lowest BCUT2D eigenvalue weighted by atomic mass is 9.82.